The summed E-state index contributed by atoms with van der Waals surface area (Å²) in [5.74, 6) is 0. The number of nitrogens with one attached hydrogen (secondary N) is 2. The molecule has 0 saturated heterocycles. The molecule has 1 aliphatic heterocycles. The van der Waals surface area contributed by atoms with Crippen LogP contribution in [-0.4, -0.2) is 19.6 Å². The predicted molar refractivity (Wildman–Crippen MR) is 78.1 cm³/mol. The maximum atomic E-state index is 3.69. The Balaban J connectivity index is 2.35. The summed E-state index contributed by atoms with van der Waals surface area (Å²) < 4.78 is 0. The summed E-state index contributed by atoms with van der Waals surface area (Å²) >= 11 is 0. The first-order valence-electron chi connectivity index (χ1n) is 6.45. The molecule has 1 aliphatic rings. The average molecular weight is 244 g/mol. The van der Waals surface area contributed by atoms with Gasteiger partial charge in [0.25, 0.3) is 0 Å². The van der Waals surface area contributed by atoms with E-state index in [9.17, 15) is 0 Å². The SMILES string of the molecule is C[Si](C)(C)c1[nH]c2cccc3c2c1CCCN3. The first kappa shape index (κ1) is 10.9. The number of anilines is 1. The largest absolute Gasteiger partial charge is 0.384 e. The number of aromatic nitrogens is 1. The van der Waals surface area contributed by atoms with Crippen molar-refractivity contribution >= 4 is 30.0 Å². The maximum Gasteiger partial charge on any atom is 0.0985 e. The number of hydrogen-bond donors (Lipinski definition) is 2. The third-order valence-corrected chi connectivity index (χ3v) is 5.52. The van der Waals surface area contributed by atoms with Gasteiger partial charge in [0, 0.05) is 28.5 Å². The highest BCUT2D eigenvalue weighted by atomic mass is 28.3. The molecule has 2 nitrogen and oxygen atoms in total. The molecule has 0 saturated carbocycles. The van der Waals surface area contributed by atoms with Crippen LogP contribution >= 0.6 is 0 Å². The highest BCUT2D eigenvalue weighted by Crippen LogP contribution is 2.30. The van der Waals surface area contributed by atoms with Crippen molar-refractivity contribution in [3.8, 4) is 0 Å². The standard InChI is InChI=1S/C14H20N2Si/c1-17(2,3)14-10-6-5-9-15-11-7-4-8-12(16-14)13(10)11/h4,7-8,15-16H,5-6,9H2,1-3H3. The fourth-order valence-electron chi connectivity index (χ4n) is 2.84. The Morgan fingerprint density at radius 1 is 1.18 bits per heavy atom. The number of benzene rings is 1. The van der Waals surface area contributed by atoms with Gasteiger partial charge in [-0.15, -0.1) is 0 Å². The minimum atomic E-state index is -1.28. The van der Waals surface area contributed by atoms with Gasteiger partial charge in [0.1, 0.15) is 0 Å². The second-order valence-corrected chi connectivity index (χ2v) is 11.0. The molecular weight excluding hydrogens is 224 g/mol. The molecule has 2 aromatic rings. The Morgan fingerprint density at radius 2 is 2.00 bits per heavy atom. The summed E-state index contributed by atoms with van der Waals surface area (Å²) in [6.45, 7) is 8.36. The van der Waals surface area contributed by atoms with E-state index in [4.69, 9.17) is 0 Å². The molecule has 0 fully saturated rings. The van der Waals surface area contributed by atoms with Gasteiger partial charge in [-0.25, -0.2) is 0 Å². The molecule has 0 atom stereocenters. The Morgan fingerprint density at radius 3 is 2.76 bits per heavy atom. The van der Waals surface area contributed by atoms with E-state index < -0.39 is 8.07 Å². The van der Waals surface area contributed by atoms with E-state index in [1.807, 2.05) is 0 Å². The molecule has 2 N–H and O–H groups in total. The zero-order chi connectivity index (χ0) is 12.0. The van der Waals surface area contributed by atoms with E-state index in [1.54, 1.807) is 10.9 Å². The van der Waals surface area contributed by atoms with Gasteiger partial charge in [-0.3, -0.25) is 0 Å². The molecule has 0 bridgehead atoms. The van der Waals surface area contributed by atoms with Gasteiger partial charge in [-0.2, -0.15) is 0 Å². The summed E-state index contributed by atoms with van der Waals surface area (Å²) in [7, 11) is -1.28. The second kappa shape index (κ2) is 3.64. The van der Waals surface area contributed by atoms with Gasteiger partial charge in [0.15, 0.2) is 0 Å². The third-order valence-electron chi connectivity index (χ3n) is 3.60. The molecule has 0 radical (unpaired) electrons. The van der Waals surface area contributed by atoms with Crippen molar-refractivity contribution in [2.24, 2.45) is 0 Å². The van der Waals surface area contributed by atoms with Crippen LogP contribution in [0.2, 0.25) is 19.6 Å². The molecule has 3 rings (SSSR count). The van der Waals surface area contributed by atoms with Crippen LogP contribution in [0.4, 0.5) is 5.69 Å². The van der Waals surface area contributed by atoms with Crippen LogP contribution in [0, 0.1) is 0 Å². The fourth-order valence-corrected chi connectivity index (χ4v) is 4.51. The van der Waals surface area contributed by atoms with Crippen LogP contribution in [-0.2, 0) is 6.42 Å². The molecule has 3 heteroatoms. The minimum Gasteiger partial charge on any atom is -0.384 e. The Hall–Kier alpha value is -1.22. The van der Waals surface area contributed by atoms with Gasteiger partial charge in [0.05, 0.1) is 8.07 Å². The van der Waals surface area contributed by atoms with Crippen LogP contribution in [0.25, 0.3) is 10.9 Å². The summed E-state index contributed by atoms with van der Waals surface area (Å²) in [4.78, 5) is 3.69. The highest BCUT2D eigenvalue weighted by Gasteiger charge is 2.25. The Labute approximate surface area is 103 Å². The summed E-state index contributed by atoms with van der Waals surface area (Å²) in [6.07, 6.45) is 2.45. The number of aryl methyl sites for hydroxylation is 1. The number of hydrogen-bond acceptors (Lipinski definition) is 1. The average Bonchev–Trinajstić information content (AvgIpc) is 2.50. The van der Waals surface area contributed by atoms with Crippen LogP contribution in [0.1, 0.15) is 12.0 Å². The van der Waals surface area contributed by atoms with E-state index in [-0.39, 0.29) is 0 Å². The molecule has 90 valence electrons. The van der Waals surface area contributed by atoms with Crippen molar-refractivity contribution in [3.05, 3.63) is 23.8 Å². The number of H-pyrrole nitrogens is 1. The lowest BCUT2D eigenvalue weighted by Crippen LogP contribution is -2.40. The highest BCUT2D eigenvalue weighted by molar-refractivity contribution is 6.88. The van der Waals surface area contributed by atoms with Crippen molar-refractivity contribution in [2.75, 3.05) is 11.9 Å². The molecule has 1 aromatic carbocycles. The first-order valence-corrected chi connectivity index (χ1v) is 9.95. The molecule has 0 spiro atoms. The lowest BCUT2D eigenvalue weighted by atomic mass is 10.1. The van der Waals surface area contributed by atoms with E-state index in [2.05, 4.69) is 48.1 Å². The number of rotatable bonds is 1. The van der Waals surface area contributed by atoms with Crippen LogP contribution in [0.5, 0.6) is 0 Å². The zero-order valence-electron chi connectivity index (χ0n) is 10.9. The van der Waals surface area contributed by atoms with Gasteiger partial charge in [0.2, 0.25) is 0 Å². The van der Waals surface area contributed by atoms with Crippen LogP contribution in [0.15, 0.2) is 18.2 Å². The minimum absolute atomic E-state index is 1.10. The quantitative estimate of drug-likeness (QED) is 0.741. The van der Waals surface area contributed by atoms with Crippen molar-refractivity contribution in [1.29, 1.82) is 0 Å². The van der Waals surface area contributed by atoms with Crippen molar-refractivity contribution < 1.29 is 0 Å². The first-order chi connectivity index (χ1) is 8.07. The molecule has 0 amide bonds. The lowest BCUT2D eigenvalue weighted by molar-refractivity contribution is 0.881. The smallest absolute Gasteiger partial charge is 0.0985 e. The van der Waals surface area contributed by atoms with Gasteiger partial charge in [-0.05, 0) is 30.5 Å². The lowest BCUT2D eigenvalue weighted by Gasteiger charge is -2.16. The van der Waals surface area contributed by atoms with Gasteiger partial charge < -0.3 is 10.3 Å². The van der Waals surface area contributed by atoms with Gasteiger partial charge >= 0.3 is 0 Å². The summed E-state index contributed by atoms with van der Waals surface area (Å²) in [5, 5.41) is 6.54. The fraction of sp³-hybridized carbons (Fsp3) is 0.429. The Kier molecular flexibility index (Phi) is 2.33. The predicted octanol–water partition coefficient (Wildman–Crippen LogP) is 3.07. The summed E-state index contributed by atoms with van der Waals surface area (Å²) in [5.41, 5.74) is 4.21. The van der Waals surface area contributed by atoms with E-state index in [0.29, 0.717) is 0 Å². The maximum absolute atomic E-state index is 3.69. The molecule has 2 heterocycles. The normalized spacial score (nSPS) is 15.7. The topological polar surface area (TPSA) is 27.8 Å². The molecule has 0 unspecified atom stereocenters. The molecule has 17 heavy (non-hydrogen) atoms. The van der Waals surface area contributed by atoms with Gasteiger partial charge in [-0.1, -0.05) is 25.7 Å². The second-order valence-electron chi connectivity index (χ2n) is 5.99. The molecular formula is C14H20N2Si. The number of aromatic amines is 1. The van der Waals surface area contributed by atoms with E-state index in [1.165, 1.54) is 29.4 Å². The van der Waals surface area contributed by atoms with E-state index >= 15 is 0 Å². The van der Waals surface area contributed by atoms with Crippen LogP contribution < -0.4 is 10.6 Å². The van der Waals surface area contributed by atoms with Crippen molar-refractivity contribution in [2.45, 2.75) is 32.5 Å². The van der Waals surface area contributed by atoms with E-state index in [0.717, 1.165) is 6.54 Å². The monoisotopic (exact) mass is 244 g/mol. The Bertz CT molecular complexity index is 563. The van der Waals surface area contributed by atoms with Crippen molar-refractivity contribution in [3.63, 3.8) is 0 Å². The third kappa shape index (κ3) is 1.69. The summed E-state index contributed by atoms with van der Waals surface area (Å²) in [6, 6.07) is 6.56. The van der Waals surface area contributed by atoms with Crippen molar-refractivity contribution in [1.82, 2.24) is 4.98 Å². The van der Waals surface area contributed by atoms with Crippen LogP contribution in [0.3, 0.4) is 0 Å². The molecule has 0 aliphatic carbocycles. The zero-order valence-corrected chi connectivity index (χ0v) is 11.9. The molecule has 1 aromatic heterocycles.